The maximum absolute atomic E-state index is 12.7. The largest absolute Gasteiger partial charge is 0.490 e. The normalized spacial score (nSPS) is 12.9. The molecule has 3 N–H and O–H groups in total. The summed E-state index contributed by atoms with van der Waals surface area (Å²) in [5.74, 6) is -0.553. The van der Waals surface area contributed by atoms with Crippen LogP contribution in [-0.4, -0.2) is 61.6 Å². The van der Waals surface area contributed by atoms with Crippen molar-refractivity contribution in [1.82, 2.24) is 10.2 Å². The number of rotatable bonds is 11. The van der Waals surface area contributed by atoms with Crippen molar-refractivity contribution in [2.24, 2.45) is 0 Å². The fraction of sp³-hybridized carbons (Fsp3) is 0.304. The highest BCUT2D eigenvalue weighted by Crippen LogP contribution is 2.21. The lowest BCUT2D eigenvalue weighted by atomic mass is 10.2. The Hall–Kier alpha value is -3.92. The lowest BCUT2D eigenvalue weighted by Gasteiger charge is -2.13. The molecule has 0 bridgehead atoms. The number of carbonyl (C=O) groups is 4. The number of carbonyl (C=O) groups excluding carboxylic acids is 4. The van der Waals surface area contributed by atoms with Crippen LogP contribution < -0.4 is 20.7 Å². The van der Waals surface area contributed by atoms with Gasteiger partial charge in [0.15, 0.2) is 0 Å². The molecule has 1 fully saturated rings. The van der Waals surface area contributed by atoms with Crippen LogP contribution in [0.3, 0.4) is 0 Å². The summed E-state index contributed by atoms with van der Waals surface area (Å²) in [6, 6.07) is 13.0. The Kier molecular flexibility index (Phi) is 8.36. The molecular formula is C23H26N4O6. The highest BCUT2D eigenvalue weighted by atomic mass is 16.5. The fourth-order valence-corrected chi connectivity index (χ4v) is 3.09. The molecular weight excluding hydrogens is 428 g/mol. The van der Waals surface area contributed by atoms with Gasteiger partial charge in [-0.05, 0) is 43.3 Å². The summed E-state index contributed by atoms with van der Waals surface area (Å²) in [7, 11) is 0. The number of ether oxygens (including phenoxy) is 2. The second kappa shape index (κ2) is 11.6. The number of anilines is 2. The third-order valence-electron chi connectivity index (χ3n) is 4.75. The van der Waals surface area contributed by atoms with Crippen LogP contribution in [0.2, 0.25) is 0 Å². The van der Waals surface area contributed by atoms with E-state index in [-0.39, 0.29) is 37.2 Å². The Morgan fingerprint density at radius 3 is 2.36 bits per heavy atom. The molecule has 0 aromatic heterocycles. The van der Waals surface area contributed by atoms with Gasteiger partial charge in [-0.1, -0.05) is 12.1 Å². The summed E-state index contributed by atoms with van der Waals surface area (Å²) >= 11 is 0. The summed E-state index contributed by atoms with van der Waals surface area (Å²) in [5, 5.41) is 7.90. The first-order chi connectivity index (χ1) is 16.0. The number of nitrogens with one attached hydrogen (secondary N) is 3. The number of amides is 5. The standard InChI is InChI=1S/C23H26N4O6/c1-2-32-13-14-33-19-6-4-3-5-18(19)22(30)26-17-9-7-16(8-10-17)25-20(28)11-12-27-21(29)15-24-23(27)31/h3-10H,2,11-15H2,1H3,(H,24,31)(H,25,28)(H,26,30). The third-order valence-corrected chi connectivity index (χ3v) is 4.75. The molecule has 2 aromatic rings. The minimum absolute atomic E-state index is 0.0106. The van der Waals surface area contributed by atoms with Crippen LogP contribution in [0.4, 0.5) is 16.2 Å². The molecule has 33 heavy (non-hydrogen) atoms. The number of hydrogen-bond acceptors (Lipinski definition) is 6. The molecule has 0 saturated carbocycles. The molecule has 2 aromatic carbocycles. The van der Waals surface area contributed by atoms with Crippen molar-refractivity contribution in [3.63, 3.8) is 0 Å². The zero-order chi connectivity index (χ0) is 23.6. The maximum Gasteiger partial charge on any atom is 0.324 e. The molecule has 0 spiro atoms. The Morgan fingerprint density at radius 2 is 1.70 bits per heavy atom. The van der Waals surface area contributed by atoms with E-state index in [0.717, 1.165) is 4.90 Å². The average molecular weight is 454 g/mol. The van der Waals surface area contributed by atoms with Crippen LogP contribution >= 0.6 is 0 Å². The van der Waals surface area contributed by atoms with Crippen LogP contribution in [0.5, 0.6) is 5.75 Å². The first-order valence-corrected chi connectivity index (χ1v) is 10.6. The molecule has 3 rings (SSSR count). The van der Waals surface area contributed by atoms with Crippen molar-refractivity contribution in [2.75, 3.05) is 43.5 Å². The van der Waals surface area contributed by atoms with Gasteiger partial charge in [-0.25, -0.2) is 4.79 Å². The quantitative estimate of drug-likeness (QED) is 0.353. The second-order valence-corrected chi connectivity index (χ2v) is 7.08. The van der Waals surface area contributed by atoms with E-state index < -0.39 is 6.03 Å². The third kappa shape index (κ3) is 6.78. The number of urea groups is 1. The predicted octanol–water partition coefficient (Wildman–Crippen LogP) is 2.23. The van der Waals surface area contributed by atoms with Crippen LogP contribution in [0.1, 0.15) is 23.7 Å². The van der Waals surface area contributed by atoms with Gasteiger partial charge in [0.25, 0.3) is 5.91 Å². The van der Waals surface area contributed by atoms with E-state index in [9.17, 15) is 19.2 Å². The lowest BCUT2D eigenvalue weighted by Crippen LogP contribution is -2.33. The van der Waals surface area contributed by atoms with Gasteiger partial charge in [-0.3, -0.25) is 19.3 Å². The van der Waals surface area contributed by atoms with Crippen molar-refractivity contribution in [3.05, 3.63) is 54.1 Å². The van der Waals surface area contributed by atoms with Gasteiger partial charge in [0.1, 0.15) is 12.4 Å². The number of para-hydroxylation sites is 1. The van der Waals surface area contributed by atoms with Crippen molar-refractivity contribution >= 4 is 35.1 Å². The SMILES string of the molecule is CCOCCOc1ccccc1C(=O)Nc1ccc(NC(=O)CCN2C(=O)CNC2=O)cc1. The Balaban J connectivity index is 1.51. The zero-order valence-corrected chi connectivity index (χ0v) is 18.3. The molecule has 0 aliphatic carbocycles. The predicted molar refractivity (Wildman–Crippen MR) is 121 cm³/mol. The van der Waals surface area contributed by atoms with Crippen molar-refractivity contribution in [1.29, 1.82) is 0 Å². The number of imide groups is 1. The minimum atomic E-state index is -0.492. The molecule has 5 amide bonds. The smallest absolute Gasteiger partial charge is 0.324 e. The lowest BCUT2D eigenvalue weighted by molar-refractivity contribution is -0.125. The first-order valence-electron chi connectivity index (χ1n) is 10.6. The Morgan fingerprint density at radius 1 is 1.00 bits per heavy atom. The summed E-state index contributed by atoms with van der Waals surface area (Å²) in [4.78, 5) is 48.9. The van der Waals surface area contributed by atoms with E-state index in [4.69, 9.17) is 9.47 Å². The van der Waals surface area contributed by atoms with Crippen molar-refractivity contribution in [2.45, 2.75) is 13.3 Å². The van der Waals surface area contributed by atoms with Crippen LogP contribution in [-0.2, 0) is 14.3 Å². The minimum Gasteiger partial charge on any atom is -0.490 e. The summed E-state index contributed by atoms with van der Waals surface area (Å²) in [6.45, 7) is 3.23. The fourth-order valence-electron chi connectivity index (χ4n) is 3.09. The summed E-state index contributed by atoms with van der Waals surface area (Å²) in [5.41, 5.74) is 1.46. The Bertz CT molecular complexity index is 992. The number of benzene rings is 2. The highest BCUT2D eigenvalue weighted by Gasteiger charge is 2.28. The summed E-state index contributed by atoms with van der Waals surface area (Å²) < 4.78 is 10.9. The van der Waals surface area contributed by atoms with E-state index in [1.165, 1.54) is 0 Å². The Labute approximate surface area is 191 Å². The highest BCUT2D eigenvalue weighted by molar-refractivity contribution is 6.06. The molecule has 1 saturated heterocycles. The van der Waals surface area contributed by atoms with Gasteiger partial charge in [0.05, 0.1) is 18.7 Å². The van der Waals surface area contributed by atoms with E-state index >= 15 is 0 Å². The second-order valence-electron chi connectivity index (χ2n) is 7.08. The molecule has 0 atom stereocenters. The summed E-state index contributed by atoms with van der Waals surface area (Å²) in [6.07, 6.45) is -0.0161. The van der Waals surface area contributed by atoms with Crippen LogP contribution in [0, 0.1) is 0 Å². The molecule has 1 aliphatic rings. The number of nitrogens with zero attached hydrogens (tertiary/aromatic N) is 1. The topological polar surface area (TPSA) is 126 Å². The van der Waals surface area contributed by atoms with Gasteiger partial charge >= 0.3 is 6.03 Å². The van der Waals surface area contributed by atoms with Crippen molar-refractivity contribution in [3.8, 4) is 5.75 Å². The maximum atomic E-state index is 12.7. The van der Waals surface area contributed by atoms with Gasteiger partial charge in [-0.15, -0.1) is 0 Å². The van der Waals surface area contributed by atoms with Gasteiger partial charge in [-0.2, -0.15) is 0 Å². The molecule has 174 valence electrons. The molecule has 0 unspecified atom stereocenters. The molecule has 10 nitrogen and oxygen atoms in total. The van der Waals surface area contributed by atoms with Crippen LogP contribution in [0.25, 0.3) is 0 Å². The van der Waals surface area contributed by atoms with E-state index in [0.29, 0.717) is 42.5 Å². The van der Waals surface area contributed by atoms with Gasteiger partial charge < -0.3 is 25.4 Å². The number of hydrogen-bond donors (Lipinski definition) is 3. The average Bonchev–Trinajstić information content (AvgIpc) is 3.14. The molecule has 1 aliphatic heterocycles. The first kappa shape index (κ1) is 23.7. The van der Waals surface area contributed by atoms with Crippen LogP contribution in [0.15, 0.2) is 48.5 Å². The molecule has 1 heterocycles. The monoisotopic (exact) mass is 454 g/mol. The van der Waals surface area contributed by atoms with Crippen molar-refractivity contribution < 1.29 is 28.7 Å². The zero-order valence-electron chi connectivity index (χ0n) is 18.3. The molecule has 10 heteroatoms. The van der Waals surface area contributed by atoms with Gasteiger partial charge in [0, 0.05) is 30.9 Å². The van der Waals surface area contributed by atoms with E-state index in [2.05, 4.69) is 16.0 Å². The van der Waals surface area contributed by atoms with Gasteiger partial charge in [0.2, 0.25) is 11.8 Å². The van der Waals surface area contributed by atoms with E-state index in [1.54, 1.807) is 48.5 Å². The molecule has 0 radical (unpaired) electrons. The van der Waals surface area contributed by atoms with E-state index in [1.807, 2.05) is 6.92 Å².